The van der Waals surface area contributed by atoms with Crippen molar-refractivity contribution in [2.24, 2.45) is 27.4 Å². The minimum absolute atomic E-state index is 0. The van der Waals surface area contributed by atoms with E-state index in [-0.39, 0.29) is 55.9 Å². The van der Waals surface area contributed by atoms with Crippen molar-refractivity contribution in [2.75, 3.05) is 13.1 Å². The van der Waals surface area contributed by atoms with Gasteiger partial charge in [0.15, 0.2) is 5.96 Å². The molecule has 4 N–H and O–H groups in total. The zero-order chi connectivity index (χ0) is 20.2. The molecule has 1 heterocycles. The number of alkyl halides is 6. The van der Waals surface area contributed by atoms with Crippen LogP contribution in [0.3, 0.4) is 0 Å². The molecule has 6 nitrogen and oxygen atoms in total. The van der Waals surface area contributed by atoms with Gasteiger partial charge in [-0.2, -0.15) is 18.2 Å². The quantitative estimate of drug-likeness (QED) is 0.424. The molecular formula is C15H18ClF6N5O. The molecule has 0 radical (unpaired) electrons. The van der Waals surface area contributed by atoms with Gasteiger partial charge >= 0.3 is 12.5 Å². The molecule has 1 saturated heterocycles. The van der Waals surface area contributed by atoms with Gasteiger partial charge in [0.05, 0.1) is 11.6 Å². The zero-order valence-electron chi connectivity index (χ0n) is 14.3. The first-order chi connectivity index (χ1) is 12.4. The lowest BCUT2D eigenvalue weighted by Gasteiger charge is -2.33. The van der Waals surface area contributed by atoms with Gasteiger partial charge in [-0.3, -0.25) is 0 Å². The lowest BCUT2D eigenvalue weighted by molar-refractivity contribution is -0.274. The van der Waals surface area contributed by atoms with E-state index in [0.29, 0.717) is 0 Å². The van der Waals surface area contributed by atoms with Crippen LogP contribution in [-0.2, 0) is 0 Å². The molecule has 0 aliphatic carbocycles. The number of halogens is 7. The summed E-state index contributed by atoms with van der Waals surface area (Å²) in [5.41, 5.74) is 11.6. The van der Waals surface area contributed by atoms with Crippen LogP contribution in [0.2, 0.25) is 0 Å². The Hall–Kier alpha value is -2.37. The monoisotopic (exact) mass is 433 g/mol. The SMILES string of the molecule is Cl.NC(=Nc1ccc(OC(F)(F)F)cc1)/N=C(/N)N1CCC(C(F)(F)F)CC1. The van der Waals surface area contributed by atoms with Crippen LogP contribution in [0.1, 0.15) is 12.8 Å². The Labute approximate surface area is 162 Å². The van der Waals surface area contributed by atoms with Crippen molar-refractivity contribution in [3.05, 3.63) is 24.3 Å². The third-order valence-corrected chi connectivity index (χ3v) is 3.82. The van der Waals surface area contributed by atoms with Gasteiger partial charge in [-0.25, -0.2) is 4.99 Å². The maximum absolute atomic E-state index is 12.7. The van der Waals surface area contributed by atoms with Crippen LogP contribution in [0.5, 0.6) is 5.75 Å². The van der Waals surface area contributed by atoms with E-state index in [4.69, 9.17) is 11.5 Å². The average molecular weight is 434 g/mol. The van der Waals surface area contributed by atoms with E-state index in [1.165, 1.54) is 17.0 Å². The second-order valence-corrected chi connectivity index (χ2v) is 5.78. The van der Waals surface area contributed by atoms with E-state index in [1.807, 2.05) is 0 Å². The Morgan fingerprint density at radius 1 is 1.00 bits per heavy atom. The first-order valence-electron chi connectivity index (χ1n) is 7.80. The molecule has 0 amide bonds. The highest BCUT2D eigenvalue weighted by molar-refractivity contribution is 5.94. The van der Waals surface area contributed by atoms with Gasteiger partial charge in [0.2, 0.25) is 5.96 Å². The number of nitrogens with two attached hydrogens (primary N) is 2. The highest BCUT2D eigenvalue weighted by Crippen LogP contribution is 2.34. The largest absolute Gasteiger partial charge is 0.573 e. The van der Waals surface area contributed by atoms with E-state index < -0.39 is 24.2 Å². The summed E-state index contributed by atoms with van der Waals surface area (Å²) in [6, 6.07) is 4.56. The standard InChI is InChI=1S/C15H17F6N5O.ClH/c16-14(17,18)9-5-7-26(8-6-9)13(23)25-12(22)24-10-1-3-11(4-2-10)27-15(19,20)21;/h1-4,9H,5-8H2,(H4,22,23,24,25);1H. The van der Waals surface area contributed by atoms with Gasteiger partial charge in [-0.05, 0) is 37.1 Å². The van der Waals surface area contributed by atoms with Crippen LogP contribution in [0.25, 0.3) is 0 Å². The van der Waals surface area contributed by atoms with Crippen molar-refractivity contribution < 1.29 is 31.1 Å². The molecule has 1 aliphatic heterocycles. The Morgan fingerprint density at radius 2 is 1.54 bits per heavy atom. The molecule has 0 bridgehead atoms. The van der Waals surface area contributed by atoms with Crippen LogP contribution >= 0.6 is 12.4 Å². The molecular weight excluding hydrogens is 416 g/mol. The molecule has 0 unspecified atom stereocenters. The first kappa shape index (κ1) is 23.7. The molecule has 1 aromatic carbocycles. The summed E-state index contributed by atoms with van der Waals surface area (Å²) in [4.78, 5) is 9.15. The number of hydrogen-bond donors (Lipinski definition) is 2. The fraction of sp³-hybridized carbons (Fsp3) is 0.467. The van der Waals surface area contributed by atoms with Crippen molar-refractivity contribution in [1.29, 1.82) is 0 Å². The van der Waals surface area contributed by atoms with Crippen molar-refractivity contribution >= 4 is 30.0 Å². The van der Waals surface area contributed by atoms with Crippen LogP contribution in [0.4, 0.5) is 32.0 Å². The summed E-state index contributed by atoms with van der Waals surface area (Å²) >= 11 is 0. The second kappa shape index (κ2) is 9.22. The van der Waals surface area contributed by atoms with Crippen molar-refractivity contribution in [3.63, 3.8) is 0 Å². The van der Waals surface area contributed by atoms with Gasteiger partial charge in [-0.15, -0.1) is 25.6 Å². The Balaban J connectivity index is 0.00000392. The summed E-state index contributed by atoms with van der Waals surface area (Å²) in [5.74, 6) is -2.15. The van der Waals surface area contributed by atoms with E-state index >= 15 is 0 Å². The normalized spacial score (nSPS) is 17.3. The minimum Gasteiger partial charge on any atom is -0.406 e. The van der Waals surface area contributed by atoms with E-state index in [0.717, 1.165) is 12.1 Å². The van der Waals surface area contributed by atoms with Gasteiger partial charge in [-0.1, -0.05) is 0 Å². The number of ether oxygens (including phenoxy) is 1. The topological polar surface area (TPSA) is 89.2 Å². The summed E-state index contributed by atoms with van der Waals surface area (Å²) in [5, 5.41) is 0. The fourth-order valence-corrected chi connectivity index (χ4v) is 2.50. The van der Waals surface area contributed by atoms with E-state index in [2.05, 4.69) is 14.7 Å². The maximum Gasteiger partial charge on any atom is 0.573 e. The molecule has 1 aliphatic rings. The Bertz CT molecular complexity index is 696. The molecule has 0 aromatic heterocycles. The maximum atomic E-state index is 12.7. The molecule has 158 valence electrons. The Kier molecular flexibility index (Phi) is 7.79. The highest BCUT2D eigenvalue weighted by atomic mass is 35.5. The van der Waals surface area contributed by atoms with Crippen LogP contribution in [0.15, 0.2) is 34.3 Å². The number of piperidine rings is 1. The number of hydrogen-bond acceptors (Lipinski definition) is 2. The number of likely N-dealkylation sites (tertiary alicyclic amines) is 1. The first-order valence-corrected chi connectivity index (χ1v) is 7.80. The van der Waals surface area contributed by atoms with Crippen LogP contribution in [0, 0.1) is 5.92 Å². The number of guanidine groups is 2. The fourth-order valence-electron chi connectivity index (χ4n) is 2.50. The van der Waals surface area contributed by atoms with E-state index in [9.17, 15) is 26.3 Å². The van der Waals surface area contributed by atoms with E-state index in [1.54, 1.807) is 0 Å². The second-order valence-electron chi connectivity index (χ2n) is 5.78. The number of nitrogens with zero attached hydrogens (tertiary/aromatic N) is 3. The number of benzene rings is 1. The summed E-state index contributed by atoms with van der Waals surface area (Å²) in [7, 11) is 0. The Morgan fingerprint density at radius 3 is 2.00 bits per heavy atom. The van der Waals surface area contributed by atoms with Gasteiger partial charge in [0.25, 0.3) is 0 Å². The zero-order valence-corrected chi connectivity index (χ0v) is 15.1. The third kappa shape index (κ3) is 7.33. The lowest BCUT2D eigenvalue weighted by Crippen LogP contribution is -2.46. The summed E-state index contributed by atoms with van der Waals surface area (Å²) in [6.45, 7) is 0.159. The third-order valence-electron chi connectivity index (χ3n) is 3.82. The van der Waals surface area contributed by atoms with Crippen molar-refractivity contribution in [3.8, 4) is 5.75 Å². The van der Waals surface area contributed by atoms with Crippen LogP contribution < -0.4 is 16.2 Å². The summed E-state index contributed by atoms with van der Waals surface area (Å²) in [6.07, 6.45) is -9.24. The van der Waals surface area contributed by atoms with Gasteiger partial charge < -0.3 is 21.1 Å². The molecule has 2 rings (SSSR count). The molecule has 28 heavy (non-hydrogen) atoms. The van der Waals surface area contributed by atoms with Gasteiger partial charge in [0.1, 0.15) is 5.75 Å². The molecule has 1 aromatic rings. The molecule has 13 heteroatoms. The number of rotatable bonds is 2. The predicted molar refractivity (Wildman–Crippen MR) is 93.6 cm³/mol. The molecule has 1 fully saturated rings. The molecule has 0 saturated carbocycles. The van der Waals surface area contributed by atoms with Crippen molar-refractivity contribution in [2.45, 2.75) is 25.4 Å². The average Bonchev–Trinajstić information content (AvgIpc) is 2.54. The minimum atomic E-state index is -4.80. The number of aliphatic imine (C=N–C) groups is 2. The lowest BCUT2D eigenvalue weighted by atomic mass is 9.96. The highest BCUT2D eigenvalue weighted by Gasteiger charge is 2.41. The molecule has 0 atom stereocenters. The molecule has 0 spiro atoms. The summed E-state index contributed by atoms with van der Waals surface area (Å²) < 4.78 is 78.0. The van der Waals surface area contributed by atoms with Gasteiger partial charge in [0, 0.05) is 13.1 Å². The smallest absolute Gasteiger partial charge is 0.406 e. The predicted octanol–water partition coefficient (Wildman–Crippen LogP) is 3.54. The van der Waals surface area contributed by atoms with Crippen molar-refractivity contribution in [1.82, 2.24) is 4.90 Å². The van der Waals surface area contributed by atoms with Crippen LogP contribution in [-0.4, -0.2) is 42.4 Å².